The molecule has 0 aromatic carbocycles. The largest absolute Gasteiger partial charge is 0.329 e. The van der Waals surface area contributed by atoms with Crippen molar-refractivity contribution in [3.05, 3.63) is 0 Å². The first-order valence-electron chi connectivity index (χ1n) is 7.81. The first-order chi connectivity index (χ1) is 8.36. The number of fused-ring (bicyclic) bond motifs is 2. The molecule has 0 aromatic heterocycles. The highest BCUT2D eigenvalue weighted by Crippen LogP contribution is 2.48. The van der Waals surface area contributed by atoms with Gasteiger partial charge in [-0.15, -0.1) is 0 Å². The summed E-state index contributed by atoms with van der Waals surface area (Å²) in [6, 6.07) is 0.691. The van der Waals surface area contributed by atoms with Gasteiger partial charge in [-0.3, -0.25) is 4.90 Å². The van der Waals surface area contributed by atoms with Gasteiger partial charge >= 0.3 is 0 Å². The average molecular weight is 236 g/mol. The number of nitrogens with two attached hydrogens (primary N) is 1. The van der Waals surface area contributed by atoms with Gasteiger partial charge < -0.3 is 5.73 Å². The molecule has 3 fully saturated rings. The van der Waals surface area contributed by atoms with Crippen LogP contribution in [0.2, 0.25) is 0 Å². The summed E-state index contributed by atoms with van der Waals surface area (Å²) < 4.78 is 0. The van der Waals surface area contributed by atoms with Crippen LogP contribution in [0.4, 0.5) is 0 Å². The summed E-state index contributed by atoms with van der Waals surface area (Å²) in [5.41, 5.74) is 5.97. The second kappa shape index (κ2) is 5.27. The molecule has 2 heteroatoms. The molecule has 2 bridgehead atoms. The molecule has 1 aliphatic heterocycles. The summed E-state index contributed by atoms with van der Waals surface area (Å²) in [6.07, 6.45) is 11.7. The Morgan fingerprint density at radius 3 is 2.65 bits per heavy atom. The third-order valence-electron chi connectivity index (χ3n) is 5.62. The molecule has 2 aliphatic carbocycles. The zero-order valence-corrected chi connectivity index (χ0v) is 11.1. The second-order valence-electron chi connectivity index (χ2n) is 6.67. The van der Waals surface area contributed by atoms with Crippen LogP contribution in [-0.4, -0.2) is 30.6 Å². The number of hydrogen-bond donors (Lipinski definition) is 1. The summed E-state index contributed by atoms with van der Waals surface area (Å²) in [7, 11) is 0. The third kappa shape index (κ3) is 2.53. The van der Waals surface area contributed by atoms with Crippen LogP contribution in [-0.2, 0) is 0 Å². The van der Waals surface area contributed by atoms with Gasteiger partial charge in [-0.05, 0) is 56.4 Å². The molecule has 2 N–H and O–H groups in total. The van der Waals surface area contributed by atoms with Gasteiger partial charge in [0.15, 0.2) is 0 Å². The van der Waals surface area contributed by atoms with Crippen molar-refractivity contribution < 1.29 is 0 Å². The fourth-order valence-corrected chi connectivity index (χ4v) is 4.65. The van der Waals surface area contributed by atoms with E-state index in [0.29, 0.717) is 6.04 Å². The van der Waals surface area contributed by atoms with Gasteiger partial charge in [-0.2, -0.15) is 0 Å². The SMILES string of the molecule is NCC1CCCCCN1CC1CC2CCC1C2. The quantitative estimate of drug-likeness (QED) is 0.816. The lowest BCUT2D eigenvalue weighted by atomic mass is 9.88. The average Bonchev–Trinajstić information content (AvgIpc) is 2.87. The van der Waals surface area contributed by atoms with Gasteiger partial charge in [-0.1, -0.05) is 19.3 Å². The minimum atomic E-state index is 0.691. The van der Waals surface area contributed by atoms with Gasteiger partial charge in [0.05, 0.1) is 0 Å². The molecule has 98 valence electrons. The van der Waals surface area contributed by atoms with E-state index in [9.17, 15) is 0 Å². The molecule has 2 nitrogen and oxygen atoms in total. The smallest absolute Gasteiger partial charge is 0.0218 e. The standard InChI is InChI=1S/C15H28N2/c16-10-15-4-2-1-3-7-17(15)11-14-9-12-5-6-13(14)8-12/h12-15H,1-11,16H2. The number of likely N-dealkylation sites (tertiary alicyclic amines) is 1. The van der Waals surface area contributed by atoms with Crippen molar-refractivity contribution in [3.63, 3.8) is 0 Å². The molecule has 3 aliphatic rings. The van der Waals surface area contributed by atoms with Gasteiger partial charge in [0.25, 0.3) is 0 Å². The number of rotatable bonds is 3. The van der Waals surface area contributed by atoms with E-state index < -0.39 is 0 Å². The van der Waals surface area contributed by atoms with E-state index in [1.807, 2.05) is 0 Å². The van der Waals surface area contributed by atoms with Crippen LogP contribution in [0.5, 0.6) is 0 Å². The predicted molar refractivity (Wildman–Crippen MR) is 71.8 cm³/mol. The highest BCUT2D eigenvalue weighted by Gasteiger charge is 2.40. The molecule has 0 aromatic rings. The zero-order valence-electron chi connectivity index (χ0n) is 11.1. The van der Waals surface area contributed by atoms with E-state index in [-0.39, 0.29) is 0 Å². The lowest BCUT2D eigenvalue weighted by Crippen LogP contribution is -2.43. The monoisotopic (exact) mass is 236 g/mol. The van der Waals surface area contributed by atoms with E-state index in [1.165, 1.54) is 58.0 Å². The molecular weight excluding hydrogens is 208 g/mol. The lowest BCUT2D eigenvalue weighted by Gasteiger charge is -2.34. The van der Waals surface area contributed by atoms with Crippen LogP contribution in [0.1, 0.15) is 51.4 Å². The van der Waals surface area contributed by atoms with Crippen molar-refractivity contribution in [1.82, 2.24) is 4.90 Å². The predicted octanol–water partition coefficient (Wildman–Crippen LogP) is 2.63. The summed E-state index contributed by atoms with van der Waals surface area (Å²) >= 11 is 0. The summed E-state index contributed by atoms with van der Waals surface area (Å²) in [5, 5.41) is 0. The Balaban J connectivity index is 1.58. The van der Waals surface area contributed by atoms with Crippen LogP contribution < -0.4 is 5.73 Å². The summed E-state index contributed by atoms with van der Waals surface area (Å²) in [6.45, 7) is 3.56. The molecule has 0 amide bonds. The molecule has 1 heterocycles. The Labute approximate surface area is 106 Å². The maximum Gasteiger partial charge on any atom is 0.0218 e. The Bertz CT molecular complexity index is 253. The Hall–Kier alpha value is -0.0800. The molecule has 2 saturated carbocycles. The first-order valence-corrected chi connectivity index (χ1v) is 7.81. The van der Waals surface area contributed by atoms with E-state index >= 15 is 0 Å². The number of nitrogens with zero attached hydrogens (tertiary/aromatic N) is 1. The summed E-state index contributed by atoms with van der Waals surface area (Å²) in [5.74, 6) is 3.18. The fraction of sp³-hybridized carbons (Fsp3) is 1.00. The molecule has 0 spiro atoms. The van der Waals surface area contributed by atoms with Crippen LogP contribution in [0.15, 0.2) is 0 Å². The molecule has 4 unspecified atom stereocenters. The Morgan fingerprint density at radius 2 is 1.94 bits per heavy atom. The van der Waals surface area contributed by atoms with Gasteiger partial charge in [0, 0.05) is 19.1 Å². The normalized spacial score (nSPS) is 42.9. The molecule has 3 rings (SSSR count). The van der Waals surface area contributed by atoms with Crippen LogP contribution in [0.25, 0.3) is 0 Å². The number of hydrogen-bond acceptors (Lipinski definition) is 2. The van der Waals surface area contributed by atoms with Crippen molar-refractivity contribution in [2.75, 3.05) is 19.6 Å². The van der Waals surface area contributed by atoms with E-state index in [2.05, 4.69) is 4.90 Å². The lowest BCUT2D eigenvalue weighted by molar-refractivity contribution is 0.147. The minimum Gasteiger partial charge on any atom is -0.329 e. The maximum atomic E-state index is 5.97. The molecule has 4 atom stereocenters. The highest BCUT2D eigenvalue weighted by atomic mass is 15.2. The van der Waals surface area contributed by atoms with Crippen LogP contribution in [0, 0.1) is 17.8 Å². The minimum absolute atomic E-state index is 0.691. The van der Waals surface area contributed by atoms with Gasteiger partial charge in [0.2, 0.25) is 0 Å². The Morgan fingerprint density at radius 1 is 1.00 bits per heavy atom. The van der Waals surface area contributed by atoms with Crippen LogP contribution >= 0.6 is 0 Å². The fourth-order valence-electron chi connectivity index (χ4n) is 4.65. The molecular formula is C15H28N2. The molecule has 17 heavy (non-hydrogen) atoms. The van der Waals surface area contributed by atoms with Crippen molar-refractivity contribution in [3.8, 4) is 0 Å². The van der Waals surface area contributed by atoms with E-state index in [1.54, 1.807) is 6.42 Å². The van der Waals surface area contributed by atoms with Gasteiger partial charge in [-0.25, -0.2) is 0 Å². The molecule has 1 saturated heterocycles. The highest BCUT2D eigenvalue weighted by molar-refractivity contribution is 4.92. The molecule has 0 radical (unpaired) electrons. The van der Waals surface area contributed by atoms with Crippen molar-refractivity contribution >= 4 is 0 Å². The summed E-state index contributed by atoms with van der Waals surface area (Å²) in [4.78, 5) is 2.75. The van der Waals surface area contributed by atoms with Crippen molar-refractivity contribution in [2.45, 2.75) is 57.4 Å². The zero-order chi connectivity index (χ0) is 11.7. The Kier molecular flexibility index (Phi) is 3.72. The first kappa shape index (κ1) is 12.0. The maximum absolute atomic E-state index is 5.97. The van der Waals surface area contributed by atoms with Crippen LogP contribution in [0.3, 0.4) is 0 Å². The van der Waals surface area contributed by atoms with E-state index in [4.69, 9.17) is 5.73 Å². The topological polar surface area (TPSA) is 29.3 Å². The van der Waals surface area contributed by atoms with Crippen molar-refractivity contribution in [1.29, 1.82) is 0 Å². The second-order valence-corrected chi connectivity index (χ2v) is 6.67. The third-order valence-corrected chi connectivity index (χ3v) is 5.62. The van der Waals surface area contributed by atoms with Crippen molar-refractivity contribution in [2.24, 2.45) is 23.5 Å². The van der Waals surface area contributed by atoms with Gasteiger partial charge in [0.1, 0.15) is 0 Å². The van der Waals surface area contributed by atoms with E-state index in [0.717, 1.165) is 24.3 Å².